The average Bonchev–Trinajstić information content (AvgIpc) is 3.24. The third-order valence-electron chi connectivity index (χ3n) is 4.56. The first kappa shape index (κ1) is 21.9. The van der Waals surface area contributed by atoms with E-state index in [2.05, 4.69) is 4.98 Å². The number of aromatic nitrogens is 1. The molecule has 1 aliphatic rings. The second-order valence-corrected chi connectivity index (χ2v) is 9.20. The van der Waals surface area contributed by atoms with Gasteiger partial charge in [-0.3, -0.25) is 14.9 Å². The lowest BCUT2D eigenvalue weighted by Gasteiger charge is -2.33. The van der Waals surface area contributed by atoms with E-state index in [0.29, 0.717) is 5.69 Å². The second kappa shape index (κ2) is 8.93. The number of piperazine rings is 1. The van der Waals surface area contributed by atoms with E-state index in [-0.39, 0.29) is 49.8 Å². The fourth-order valence-corrected chi connectivity index (χ4v) is 4.37. The van der Waals surface area contributed by atoms with Gasteiger partial charge < -0.3 is 14.4 Å². The van der Waals surface area contributed by atoms with Crippen molar-refractivity contribution in [2.75, 3.05) is 39.5 Å². The zero-order chi connectivity index (χ0) is 21.9. The third kappa shape index (κ3) is 4.86. The van der Waals surface area contributed by atoms with Gasteiger partial charge in [-0.1, -0.05) is 0 Å². The molecule has 0 saturated carbocycles. The van der Waals surface area contributed by atoms with E-state index in [4.69, 9.17) is 9.47 Å². The van der Waals surface area contributed by atoms with Gasteiger partial charge in [0.05, 0.1) is 35.6 Å². The van der Waals surface area contributed by atoms with E-state index < -0.39 is 26.5 Å². The molecule has 13 heteroatoms. The first-order valence-corrected chi connectivity index (χ1v) is 11.6. The van der Waals surface area contributed by atoms with E-state index in [1.807, 2.05) is 0 Å². The molecule has 3 rings (SSSR count). The monoisotopic (exact) mass is 456 g/mol. The molecule has 2 aromatic rings. The maximum absolute atomic E-state index is 13.0. The third-order valence-corrected chi connectivity index (χ3v) is 6.50. The van der Waals surface area contributed by atoms with E-state index >= 15 is 0 Å². The number of methoxy groups -OCH3 is 1. The Labute approximate surface area is 177 Å². The topological polar surface area (TPSA) is 132 Å². The van der Waals surface area contributed by atoms with E-state index in [0.717, 1.165) is 12.3 Å². The Morgan fingerprint density at radius 1 is 1.27 bits per heavy atom. The summed E-state index contributed by atoms with van der Waals surface area (Å²) in [4.78, 5) is 29.4. The van der Waals surface area contributed by atoms with Gasteiger partial charge in [0.15, 0.2) is 11.5 Å². The van der Waals surface area contributed by atoms with Crippen LogP contribution in [0.3, 0.4) is 0 Å². The molecule has 2 heterocycles. The van der Waals surface area contributed by atoms with Crippen LogP contribution in [0.4, 0.5) is 5.69 Å². The normalized spacial score (nSPS) is 15.1. The highest BCUT2D eigenvalue weighted by molar-refractivity contribution is 7.88. The number of nitro groups is 1. The molecule has 1 amide bonds. The van der Waals surface area contributed by atoms with Crippen LogP contribution >= 0.6 is 11.3 Å². The molecule has 0 spiro atoms. The fourth-order valence-electron chi connectivity index (χ4n) is 3.00. The van der Waals surface area contributed by atoms with Crippen LogP contribution in [-0.4, -0.2) is 73.0 Å². The molecule has 0 radical (unpaired) electrons. The summed E-state index contributed by atoms with van der Waals surface area (Å²) in [7, 11) is -1.99. The first-order valence-electron chi connectivity index (χ1n) is 8.81. The highest BCUT2D eigenvalue weighted by Gasteiger charge is 2.31. The van der Waals surface area contributed by atoms with Crippen LogP contribution in [0.1, 0.15) is 16.1 Å². The number of carbonyl (C=O) groups excluding carboxylic acids is 1. The van der Waals surface area contributed by atoms with Gasteiger partial charge in [-0.25, -0.2) is 13.4 Å². The van der Waals surface area contributed by atoms with Crippen molar-refractivity contribution in [1.82, 2.24) is 14.2 Å². The number of hydrogen-bond acceptors (Lipinski definition) is 9. The molecule has 1 fully saturated rings. The minimum atomic E-state index is -3.36. The van der Waals surface area contributed by atoms with E-state index in [1.165, 1.54) is 33.7 Å². The molecule has 11 nitrogen and oxygen atoms in total. The van der Waals surface area contributed by atoms with E-state index in [1.54, 1.807) is 10.9 Å². The summed E-state index contributed by atoms with van der Waals surface area (Å²) >= 11 is 1.39. The largest absolute Gasteiger partial charge is 0.493 e. The van der Waals surface area contributed by atoms with Crippen LogP contribution in [0, 0.1) is 10.1 Å². The summed E-state index contributed by atoms with van der Waals surface area (Å²) in [5, 5.41) is 13.4. The number of ether oxygens (including phenoxy) is 2. The minimum Gasteiger partial charge on any atom is -0.493 e. The smallest absolute Gasteiger partial charge is 0.286 e. The van der Waals surface area contributed by atoms with Gasteiger partial charge >= 0.3 is 0 Å². The molecule has 30 heavy (non-hydrogen) atoms. The van der Waals surface area contributed by atoms with Crippen molar-refractivity contribution in [2.24, 2.45) is 0 Å². The summed E-state index contributed by atoms with van der Waals surface area (Å²) in [6.45, 7) is 0.618. The molecule has 1 aromatic carbocycles. The predicted molar refractivity (Wildman–Crippen MR) is 108 cm³/mol. The molecule has 0 atom stereocenters. The molecule has 0 aliphatic carbocycles. The molecule has 1 aliphatic heterocycles. The zero-order valence-electron chi connectivity index (χ0n) is 16.3. The van der Waals surface area contributed by atoms with Crippen molar-refractivity contribution in [3.8, 4) is 11.5 Å². The lowest BCUT2D eigenvalue weighted by Crippen LogP contribution is -2.50. The van der Waals surface area contributed by atoms with Crippen LogP contribution in [0.25, 0.3) is 0 Å². The molecular formula is C17H20N4O7S2. The number of rotatable bonds is 7. The lowest BCUT2D eigenvalue weighted by atomic mass is 10.1. The van der Waals surface area contributed by atoms with Gasteiger partial charge in [-0.15, -0.1) is 11.3 Å². The Kier molecular flexibility index (Phi) is 6.53. The Balaban J connectivity index is 1.84. The van der Waals surface area contributed by atoms with E-state index in [9.17, 15) is 23.3 Å². The van der Waals surface area contributed by atoms with Crippen molar-refractivity contribution in [3.63, 3.8) is 0 Å². The van der Waals surface area contributed by atoms with Crippen molar-refractivity contribution in [3.05, 3.63) is 44.4 Å². The van der Waals surface area contributed by atoms with Gasteiger partial charge in [0, 0.05) is 37.6 Å². The Morgan fingerprint density at radius 3 is 2.50 bits per heavy atom. The van der Waals surface area contributed by atoms with Gasteiger partial charge in [0.1, 0.15) is 12.2 Å². The van der Waals surface area contributed by atoms with Gasteiger partial charge in [-0.05, 0) is 0 Å². The van der Waals surface area contributed by atoms with Crippen LogP contribution in [0.5, 0.6) is 11.5 Å². The van der Waals surface area contributed by atoms with Gasteiger partial charge in [0.2, 0.25) is 10.0 Å². The standard InChI is InChI=1S/C17H20N4O7S2/c1-27-15-7-13(17(22)19-3-5-20(6-4-19)30(2,25)26)14(21(23)24)8-16(15)28-9-12-10-29-11-18-12/h7-8,10-11H,3-6,9H2,1-2H3. The lowest BCUT2D eigenvalue weighted by molar-refractivity contribution is -0.385. The Morgan fingerprint density at radius 2 is 1.97 bits per heavy atom. The number of benzene rings is 1. The highest BCUT2D eigenvalue weighted by atomic mass is 32.2. The molecule has 1 aromatic heterocycles. The van der Waals surface area contributed by atoms with Crippen LogP contribution in [0.2, 0.25) is 0 Å². The highest BCUT2D eigenvalue weighted by Crippen LogP contribution is 2.36. The van der Waals surface area contributed by atoms with Crippen molar-refractivity contribution in [1.29, 1.82) is 0 Å². The minimum absolute atomic E-state index is 0.0950. The van der Waals surface area contributed by atoms with Crippen molar-refractivity contribution in [2.45, 2.75) is 6.61 Å². The fraction of sp³-hybridized carbons (Fsp3) is 0.412. The molecule has 0 bridgehead atoms. The van der Waals surface area contributed by atoms with Gasteiger partial charge in [0.25, 0.3) is 11.6 Å². The number of hydrogen-bond donors (Lipinski definition) is 0. The first-order chi connectivity index (χ1) is 14.2. The predicted octanol–water partition coefficient (Wildman–Crippen LogP) is 1.36. The number of nitrogens with zero attached hydrogens (tertiary/aromatic N) is 4. The van der Waals surface area contributed by atoms with Crippen LogP contribution in [0.15, 0.2) is 23.0 Å². The van der Waals surface area contributed by atoms with Crippen molar-refractivity contribution < 1.29 is 27.6 Å². The zero-order valence-corrected chi connectivity index (χ0v) is 17.9. The molecule has 1 saturated heterocycles. The second-order valence-electron chi connectivity index (χ2n) is 6.50. The maximum Gasteiger partial charge on any atom is 0.286 e. The number of nitro benzene ring substituents is 1. The molecule has 0 unspecified atom stereocenters. The summed E-state index contributed by atoms with van der Waals surface area (Å²) in [5.41, 5.74) is 1.74. The number of thiazole rings is 1. The number of carbonyl (C=O) groups is 1. The molecule has 162 valence electrons. The maximum atomic E-state index is 13.0. The summed E-state index contributed by atoms with van der Waals surface area (Å²) in [6, 6.07) is 2.44. The Hall–Kier alpha value is -2.77. The van der Waals surface area contributed by atoms with Gasteiger partial charge in [-0.2, -0.15) is 4.31 Å². The summed E-state index contributed by atoms with van der Waals surface area (Å²) in [6.07, 6.45) is 1.10. The number of amides is 1. The Bertz CT molecular complexity index is 1030. The quantitative estimate of drug-likeness (QED) is 0.451. The van der Waals surface area contributed by atoms with Crippen LogP contribution in [-0.2, 0) is 16.6 Å². The molecule has 0 N–H and O–H groups in total. The van der Waals surface area contributed by atoms with Crippen LogP contribution < -0.4 is 9.47 Å². The van der Waals surface area contributed by atoms with Crippen molar-refractivity contribution >= 4 is 33.0 Å². The summed E-state index contributed by atoms with van der Waals surface area (Å²) < 4.78 is 35.4. The SMILES string of the molecule is COc1cc(C(=O)N2CCN(S(C)(=O)=O)CC2)c([N+](=O)[O-])cc1OCc1cscn1. The summed E-state index contributed by atoms with van der Waals surface area (Å²) in [5.74, 6) is -0.274. The number of sulfonamides is 1. The molecular weight excluding hydrogens is 436 g/mol. The average molecular weight is 457 g/mol.